The Labute approximate surface area is 135 Å². The number of aryl methyl sites for hydroxylation is 1. The summed E-state index contributed by atoms with van der Waals surface area (Å²) in [6.07, 6.45) is 2.37. The predicted molar refractivity (Wildman–Crippen MR) is 80.8 cm³/mol. The molecule has 2 heterocycles. The Hall–Kier alpha value is -2.54. The van der Waals surface area contributed by atoms with Crippen LogP contribution in [0.3, 0.4) is 0 Å². The first-order valence-corrected chi connectivity index (χ1v) is 8.16. The molecule has 0 saturated carbocycles. The Bertz CT molecular complexity index is 794. The van der Waals surface area contributed by atoms with Gasteiger partial charge in [-0.15, -0.1) is 11.3 Å². The van der Waals surface area contributed by atoms with Crippen LogP contribution in [0.2, 0.25) is 0 Å². The fourth-order valence-electron chi connectivity index (χ4n) is 2.99. The number of amides is 2. The van der Waals surface area contributed by atoms with Crippen LogP contribution in [-0.2, 0) is 16.1 Å². The molecule has 2 aliphatic rings. The van der Waals surface area contributed by atoms with Crippen molar-refractivity contribution in [2.45, 2.75) is 25.2 Å². The normalized spacial score (nSPS) is 19.5. The summed E-state index contributed by atoms with van der Waals surface area (Å²) in [4.78, 5) is 47.4. The molecule has 0 saturated heterocycles. The van der Waals surface area contributed by atoms with Crippen LogP contribution < -0.4 is 0 Å². The van der Waals surface area contributed by atoms with Crippen LogP contribution in [0.4, 0.5) is 0 Å². The minimum atomic E-state index is -0.605. The van der Waals surface area contributed by atoms with Gasteiger partial charge in [-0.3, -0.25) is 9.59 Å². The smallest absolute Gasteiger partial charge is 0.329 e. The first-order chi connectivity index (χ1) is 11.2. The maximum atomic E-state index is 12.5. The lowest BCUT2D eigenvalue weighted by Gasteiger charge is -2.21. The Kier molecular flexibility index (Phi) is 3.23. The van der Waals surface area contributed by atoms with Crippen LogP contribution in [0, 0.1) is 0 Å². The number of carbonyl (C=O) groups excluding carboxylic acids is 3. The van der Waals surface area contributed by atoms with Gasteiger partial charge < -0.3 is 4.84 Å². The zero-order valence-corrected chi connectivity index (χ0v) is 12.8. The molecule has 2 aromatic rings. The van der Waals surface area contributed by atoms with Crippen molar-refractivity contribution >= 4 is 29.1 Å². The molecule has 4 rings (SSSR count). The summed E-state index contributed by atoms with van der Waals surface area (Å²) in [6.45, 7) is 0. The average Bonchev–Trinajstić information content (AvgIpc) is 3.14. The van der Waals surface area contributed by atoms with E-state index in [2.05, 4.69) is 4.98 Å². The SMILES string of the molecule is O=C(ON1C(=O)c2ccccc2C1=O)C1CCCc2scnc21. The molecule has 0 bridgehead atoms. The van der Waals surface area contributed by atoms with E-state index in [4.69, 9.17) is 4.84 Å². The lowest BCUT2D eigenvalue weighted by Crippen LogP contribution is -2.35. The van der Waals surface area contributed by atoms with Crippen molar-refractivity contribution < 1.29 is 19.2 Å². The number of hydrogen-bond acceptors (Lipinski definition) is 6. The Morgan fingerprint density at radius 1 is 1.22 bits per heavy atom. The van der Waals surface area contributed by atoms with Crippen LogP contribution >= 0.6 is 11.3 Å². The van der Waals surface area contributed by atoms with E-state index in [1.54, 1.807) is 29.8 Å². The van der Waals surface area contributed by atoms with Crippen molar-refractivity contribution in [1.82, 2.24) is 10.0 Å². The summed E-state index contributed by atoms with van der Waals surface area (Å²) in [5.74, 6) is -2.33. The molecule has 2 amide bonds. The lowest BCUT2D eigenvalue weighted by atomic mass is 9.91. The number of carbonyl (C=O) groups is 3. The number of hydroxylamine groups is 2. The third-order valence-electron chi connectivity index (χ3n) is 4.12. The van der Waals surface area contributed by atoms with Crippen molar-refractivity contribution in [3.63, 3.8) is 0 Å². The monoisotopic (exact) mass is 328 g/mol. The van der Waals surface area contributed by atoms with E-state index in [1.807, 2.05) is 0 Å². The quantitative estimate of drug-likeness (QED) is 0.791. The molecule has 6 nitrogen and oxygen atoms in total. The van der Waals surface area contributed by atoms with E-state index >= 15 is 0 Å². The molecule has 1 aromatic heterocycles. The summed E-state index contributed by atoms with van der Waals surface area (Å²) in [6, 6.07) is 6.42. The first-order valence-electron chi connectivity index (χ1n) is 7.28. The van der Waals surface area contributed by atoms with Crippen LogP contribution in [0.5, 0.6) is 0 Å². The van der Waals surface area contributed by atoms with Gasteiger partial charge >= 0.3 is 5.97 Å². The number of nitrogens with zero attached hydrogens (tertiary/aromatic N) is 2. The van der Waals surface area contributed by atoms with E-state index in [-0.39, 0.29) is 11.1 Å². The highest BCUT2D eigenvalue weighted by molar-refractivity contribution is 7.09. The van der Waals surface area contributed by atoms with Crippen molar-refractivity contribution in [2.24, 2.45) is 0 Å². The average molecular weight is 328 g/mol. The number of hydrogen-bond donors (Lipinski definition) is 0. The molecule has 0 spiro atoms. The van der Waals surface area contributed by atoms with E-state index in [9.17, 15) is 14.4 Å². The van der Waals surface area contributed by atoms with Crippen LogP contribution in [-0.4, -0.2) is 27.8 Å². The van der Waals surface area contributed by atoms with E-state index < -0.39 is 23.7 Å². The Morgan fingerprint density at radius 3 is 2.61 bits per heavy atom. The standard InChI is InChI=1S/C16H12N2O4S/c19-14-9-4-1-2-5-10(9)15(20)18(14)22-16(21)11-6-3-7-12-13(11)17-8-23-12/h1-2,4-5,8,11H,3,6-7H2. The van der Waals surface area contributed by atoms with Gasteiger partial charge in [0.2, 0.25) is 0 Å². The summed E-state index contributed by atoms with van der Waals surface area (Å²) in [5, 5.41) is 0.563. The minimum Gasteiger partial charge on any atom is -0.329 e. The van der Waals surface area contributed by atoms with Gasteiger partial charge in [-0.05, 0) is 31.4 Å². The van der Waals surface area contributed by atoms with Crippen LogP contribution in [0.15, 0.2) is 29.8 Å². The first kappa shape index (κ1) is 14.1. The van der Waals surface area contributed by atoms with Gasteiger partial charge in [-0.2, -0.15) is 0 Å². The zero-order chi connectivity index (χ0) is 16.0. The van der Waals surface area contributed by atoms with E-state index in [1.165, 1.54) is 11.3 Å². The maximum absolute atomic E-state index is 12.5. The Balaban J connectivity index is 1.57. The fourth-order valence-corrected chi connectivity index (χ4v) is 3.86. The van der Waals surface area contributed by atoms with Crippen molar-refractivity contribution in [2.75, 3.05) is 0 Å². The number of aromatic nitrogens is 1. The molecule has 1 aliphatic carbocycles. The lowest BCUT2D eigenvalue weighted by molar-refractivity contribution is -0.171. The van der Waals surface area contributed by atoms with Crippen molar-refractivity contribution in [3.05, 3.63) is 51.5 Å². The highest BCUT2D eigenvalue weighted by Crippen LogP contribution is 2.34. The molecule has 1 aromatic carbocycles. The van der Waals surface area contributed by atoms with Gasteiger partial charge in [0.25, 0.3) is 11.8 Å². The Morgan fingerprint density at radius 2 is 1.91 bits per heavy atom. The van der Waals surface area contributed by atoms with Gasteiger partial charge in [0.05, 0.1) is 22.3 Å². The molecule has 7 heteroatoms. The third-order valence-corrected chi connectivity index (χ3v) is 5.03. The highest BCUT2D eigenvalue weighted by Gasteiger charge is 2.41. The fraction of sp³-hybridized carbons (Fsp3) is 0.250. The summed E-state index contributed by atoms with van der Waals surface area (Å²) < 4.78 is 0. The number of fused-ring (bicyclic) bond motifs is 2. The van der Waals surface area contributed by atoms with Crippen molar-refractivity contribution in [1.29, 1.82) is 0 Å². The van der Waals surface area contributed by atoms with Gasteiger partial charge in [0.15, 0.2) is 0 Å². The summed E-state index contributed by atoms with van der Waals surface area (Å²) >= 11 is 1.51. The molecular formula is C16H12N2O4S. The van der Waals surface area contributed by atoms with E-state index in [0.29, 0.717) is 17.2 Å². The molecule has 1 aliphatic heterocycles. The van der Waals surface area contributed by atoms with Gasteiger partial charge in [-0.25, -0.2) is 9.78 Å². The predicted octanol–water partition coefficient (Wildman–Crippen LogP) is 2.32. The molecule has 1 unspecified atom stereocenters. The number of rotatable bonds is 2. The van der Waals surface area contributed by atoms with Crippen LogP contribution in [0.25, 0.3) is 0 Å². The molecule has 116 valence electrons. The molecule has 0 fully saturated rings. The number of imide groups is 1. The van der Waals surface area contributed by atoms with Gasteiger partial charge in [0.1, 0.15) is 5.92 Å². The molecule has 0 radical (unpaired) electrons. The van der Waals surface area contributed by atoms with Gasteiger partial charge in [0, 0.05) is 4.88 Å². The third kappa shape index (κ3) is 2.16. The molecular weight excluding hydrogens is 316 g/mol. The number of thiazole rings is 1. The largest absolute Gasteiger partial charge is 0.342 e. The van der Waals surface area contributed by atoms with Gasteiger partial charge in [-0.1, -0.05) is 17.2 Å². The second-order valence-electron chi connectivity index (χ2n) is 5.47. The molecule has 1 atom stereocenters. The maximum Gasteiger partial charge on any atom is 0.342 e. The van der Waals surface area contributed by atoms with Crippen molar-refractivity contribution in [3.8, 4) is 0 Å². The second-order valence-corrected chi connectivity index (χ2v) is 6.41. The second kappa shape index (κ2) is 5.27. The topological polar surface area (TPSA) is 76.6 Å². The number of benzene rings is 1. The summed E-state index contributed by atoms with van der Waals surface area (Å²) in [5.41, 5.74) is 2.92. The van der Waals surface area contributed by atoms with Crippen LogP contribution in [0.1, 0.15) is 50.0 Å². The van der Waals surface area contributed by atoms with E-state index in [0.717, 1.165) is 17.7 Å². The highest BCUT2D eigenvalue weighted by atomic mass is 32.1. The zero-order valence-electron chi connectivity index (χ0n) is 12.0. The molecule has 0 N–H and O–H groups in total. The molecule has 23 heavy (non-hydrogen) atoms. The minimum absolute atomic E-state index is 0.253. The summed E-state index contributed by atoms with van der Waals surface area (Å²) in [7, 11) is 0.